The Morgan fingerprint density at radius 1 is 0.273 bits per heavy atom. The number of rotatable bonds is 51. The van der Waals surface area contributed by atoms with Crippen molar-refractivity contribution in [2.75, 3.05) is 39.6 Å². The van der Waals surface area contributed by atoms with Crippen molar-refractivity contribution >= 4 is 58.8 Å². The molecule has 0 amide bonds. The predicted octanol–water partition coefficient (Wildman–Crippen LogP) is 19.6. The van der Waals surface area contributed by atoms with E-state index in [1.165, 1.54) is 116 Å². The first-order valence-electron chi connectivity index (χ1n) is 28.1. The van der Waals surface area contributed by atoms with E-state index < -0.39 is 17.6 Å². The van der Waals surface area contributed by atoms with Crippen LogP contribution in [0.15, 0.2) is 0 Å². The Kier molecular flexibility index (Phi) is 46.3. The molecule has 0 aromatic carbocycles. The lowest BCUT2D eigenvalue weighted by Crippen LogP contribution is -2.55. The van der Waals surface area contributed by atoms with Crippen LogP contribution in [0.1, 0.15) is 264 Å². The molecule has 0 rings (SSSR count). The van der Waals surface area contributed by atoms with Crippen LogP contribution in [-0.4, -0.2) is 67.0 Å². The maximum Gasteiger partial charge on any atom is 0.515 e. The summed E-state index contributed by atoms with van der Waals surface area (Å²) in [6, 6.07) is 0. The highest BCUT2D eigenvalue weighted by Crippen LogP contribution is 2.51. The Morgan fingerprint density at radius 2 is 0.455 bits per heavy atom. The van der Waals surface area contributed by atoms with Gasteiger partial charge in [0.05, 0.1) is 9.75 Å². The molecule has 398 valence electrons. The second kappa shape index (κ2) is 45.2. The summed E-state index contributed by atoms with van der Waals surface area (Å²) < 4.78 is 42.5. The van der Waals surface area contributed by atoms with E-state index in [2.05, 4.69) is 96.9 Å². The second-order valence-electron chi connectivity index (χ2n) is 21.9. The van der Waals surface area contributed by atoms with Gasteiger partial charge in [0, 0.05) is 39.6 Å². The van der Waals surface area contributed by atoms with Crippen LogP contribution >= 0.6 is 41.2 Å². The lowest BCUT2D eigenvalue weighted by Gasteiger charge is -2.36. The Hall–Kier alpha value is 1.59. The Labute approximate surface area is 431 Å². The third-order valence-electron chi connectivity index (χ3n) is 12.2. The first kappa shape index (κ1) is 67.6. The van der Waals surface area contributed by atoms with Gasteiger partial charge in [0.2, 0.25) is 0 Å². The zero-order valence-corrected chi connectivity index (χ0v) is 51.6. The van der Waals surface area contributed by atoms with Gasteiger partial charge in [-0.3, -0.25) is 0 Å². The van der Waals surface area contributed by atoms with Gasteiger partial charge in [-0.25, -0.2) is 0 Å². The normalized spacial score (nSPS) is 13.8. The number of hydrogen-bond acceptors (Lipinski definition) is 10. The highest BCUT2D eigenvalue weighted by molar-refractivity contribution is 9.26. The van der Waals surface area contributed by atoms with Gasteiger partial charge >= 0.3 is 17.6 Å². The molecule has 0 radical (unpaired) electrons. The minimum absolute atomic E-state index is 0.158. The van der Waals surface area contributed by atoms with Crippen molar-refractivity contribution in [3.8, 4) is 0 Å². The van der Waals surface area contributed by atoms with Crippen LogP contribution in [0.5, 0.6) is 0 Å². The summed E-state index contributed by atoms with van der Waals surface area (Å²) in [4.78, 5) is 0.317. The quantitative estimate of drug-likeness (QED) is 0.0335. The van der Waals surface area contributed by atoms with Crippen LogP contribution in [-0.2, 0) is 26.6 Å². The summed E-state index contributed by atoms with van der Waals surface area (Å²) in [5.41, 5.74) is 0. The van der Waals surface area contributed by atoms with Crippen LogP contribution in [0.25, 0.3) is 0 Å². The lowest BCUT2D eigenvalue weighted by molar-refractivity contribution is 0.0526. The van der Waals surface area contributed by atoms with Crippen LogP contribution in [0.2, 0.25) is 0 Å². The molecule has 66 heavy (non-hydrogen) atoms. The smallest absolute Gasteiger partial charge is 0.373 e. The highest BCUT2D eigenvalue weighted by atomic mass is 33.7. The first-order valence-corrected chi connectivity index (χ1v) is 36.7. The fourth-order valence-electron chi connectivity index (χ4n) is 7.96. The van der Waals surface area contributed by atoms with Gasteiger partial charge in [0.15, 0.2) is 0 Å². The molecule has 0 bridgehead atoms. The third kappa shape index (κ3) is 38.2. The molecule has 0 aliphatic carbocycles. The average molecular weight is 1040 g/mol. The SMILES string of the molecule is CCC(SSSSC(CC)[Si](OCCCCCC(C)C)(OCCCCCC(C)C)OCCCCCC(C)C)[Si](OCCCCCC(C)C)(OCCCCCC(C)C)OCCCCCC(C)C. The molecular weight excluding hydrogens is 929 g/mol. The summed E-state index contributed by atoms with van der Waals surface area (Å²) in [6.45, 7) is 36.9. The molecular formula is C54H114O6S4Si2. The summed E-state index contributed by atoms with van der Waals surface area (Å²) >= 11 is 0. The van der Waals surface area contributed by atoms with Gasteiger partial charge in [-0.1, -0.05) is 234 Å². The van der Waals surface area contributed by atoms with Crippen LogP contribution in [0.4, 0.5) is 0 Å². The van der Waals surface area contributed by atoms with E-state index in [4.69, 9.17) is 26.6 Å². The second-order valence-corrected chi connectivity index (χ2v) is 34.5. The van der Waals surface area contributed by atoms with Gasteiger partial charge in [0.1, 0.15) is 0 Å². The zero-order valence-electron chi connectivity index (χ0n) is 46.3. The Bertz CT molecular complexity index is 849. The fourth-order valence-corrected chi connectivity index (χ4v) is 25.7. The van der Waals surface area contributed by atoms with Crippen LogP contribution in [0.3, 0.4) is 0 Å². The van der Waals surface area contributed by atoms with Gasteiger partial charge in [0.25, 0.3) is 0 Å². The number of unbranched alkanes of at least 4 members (excludes halogenated alkanes) is 12. The molecule has 0 aromatic rings. The topological polar surface area (TPSA) is 55.4 Å². The molecule has 0 aromatic heterocycles. The minimum atomic E-state index is -3.05. The van der Waals surface area contributed by atoms with E-state index in [0.29, 0.717) is 0 Å². The van der Waals surface area contributed by atoms with Gasteiger partial charge < -0.3 is 26.6 Å². The standard InChI is InChI=1S/C54H114O6S4Si2/c1-15-53(65(55-41-29-17-23-35-47(3)4,56-42-30-18-24-36-48(5)6)57-43-31-19-25-37-49(7)8)61-63-64-62-54(16-2)66(58-44-32-20-26-38-50(9)10,59-45-33-21-27-39-51(11)12)60-46-34-22-28-40-52(13)14/h47-54H,15-46H2,1-14H3. The average Bonchev–Trinajstić information content (AvgIpc) is 3.25. The summed E-state index contributed by atoms with van der Waals surface area (Å²) in [6.07, 6.45) is 30.7. The Morgan fingerprint density at radius 3 is 0.606 bits per heavy atom. The molecule has 12 heteroatoms. The van der Waals surface area contributed by atoms with Crippen molar-refractivity contribution < 1.29 is 26.6 Å². The molecule has 6 nitrogen and oxygen atoms in total. The lowest BCUT2D eigenvalue weighted by atomic mass is 10.1. The van der Waals surface area contributed by atoms with Crippen molar-refractivity contribution in [3.05, 3.63) is 0 Å². The summed E-state index contributed by atoms with van der Waals surface area (Å²) in [5, 5.41) is 0. The molecule has 2 atom stereocenters. The zero-order chi connectivity index (χ0) is 49.3. The molecule has 0 N–H and O–H groups in total. The summed E-state index contributed by atoms with van der Waals surface area (Å²) in [5.74, 6) is 4.47. The van der Waals surface area contributed by atoms with Crippen LogP contribution in [0, 0.1) is 35.5 Å². The van der Waals surface area contributed by atoms with E-state index in [9.17, 15) is 0 Å². The molecule has 0 heterocycles. The molecule has 0 aliphatic heterocycles. The fraction of sp³-hybridized carbons (Fsp3) is 1.00. The molecule has 0 fully saturated rings. The van der Waals surface area contributed by atoms with E-state index >= 15 is 0 Å². The monoisotopic (exact) mass is 1040 g/mol. The van der Waals surface area contributed by atoms with Crippen molar-refractivity contribution in [2.45, 2.75) is 274 Å². The van der Waals surface area contributed by atoms with Crippen molar-refractivity contribution in [3.63, 3.8) is 0 Å². The third-order valence-corrected chi connectivity index (χ3v) is 28.5. The van der Waals surface area contributed by atoms with Crippen molar-refractivity contribution in [1.29, 1.82) is 0 Å². The molecule has 0 saturated carbocycles. The largest absolute Gasteiger partial charge is 0.515 e. The summed E-state index contributed by atoms with van der Waals surface area (Å²) in [7, 11) is 1.54. The minimum Gasteiger partial charge on any atom is -0.373 e. The maximum atomic E-state index is 7.08. The van der Waals surface area contributed by atoms with Gasteiger partial charge in [-0.15, -0.1) is 0 Å². The van der Waals surface area contributed by atoms with E-state index in [-0.39, 0.29) is 9.75 Å². The van der Waals surface area contributed by atoms with Gasteiger partial charge in [-0.05, 0) is 107 Å². The van der Waals surface area contributed by atoms with E-state index in [0.717, 1.165) is 127 Å². The molecule has 0 saturated heterocycles. The van der Waals surface area contributed by atoms with Crippen molar-refractivity contribution in [1.82, 2.24) is 0 Å². The van der Waals surface area contributed by atoms with Crippen molar-refractivity contribution in [2.24, 2.45) is 35.5 Å². The first-order chi connectivity index (χ1) is 31.6. The molecule has 0 spiro atoms. The maximum absolute atomic E-state index is 7.08. The van der Waals surface area contributed by atoms with E-state index in [1.807, 2.05) is 41.2 Å². The number of hydrogen-bond donors (Lipinski definition) is 0. The van der Waals surface area contributed by atoms with Crippen LogP contribution < -0.4 is 0 Å². The molecule has 2 unspecified atom stereocenters. The van der Waals surface area contributed by atoms with E-state index in [1.54, 1.807) is 0 Å². The predicted molar refractivity (Wildman–Crippen MR) is 306 cm³/mol. The molecule has 0 aliphatic rings. The highest BCUT2D eigenvalue weighted by Gasteiger charge is 2.51. The van der Waals surface area contributed by atoms with Gasteiger partial charge in [-0.2, -0.15) is 0 Å². The Balaban J connectivity index is 6.37.